The normalized spacial score (nSPS) is 23.9. The van der Waals surface area contributed by atoms with Crippen molar-refractivity contribution in [2.24, 2.45) is 0 Å². The van der Waals surface area contributed by atoms with Gasteiger partial charge in [-0.3, -0.25) is 9.48 Å². The van der Waals surface area contributed by atoms with Crippen molar-refractivity contribution >= 4 is 11.6 Å². The zero-order valence-electron chi connectivity index (χ0n) is 9.18. The number of nitrogen functional groups attached to an aromatic ring is 1. The quantitative estimate of drug-likeness (QED) is 0.659. The number of aliphatic hydroxyl groups excluding tert-OH is 1. The second-order valence-corrected chi connectivity index (χ2v) is 4.08. The Morgan fingerprint density at radius 1 is 1.75 bits per heavy atom. The summed E-state index contributed by atoms with van der Waals surface area (Å²) < 4.78 is 1.62. The molecule has 1 amide bonds. The zero-order valence-corrected chi connectivity index (χ0v) is 9.18. The first kappa shape index (κ1) is 10.9. The van der Waals surface area contributed by atoms with Gasteiger partial charge in [-0.1, -0.05) is 0 Å². The van der Waals surface area contributed by atoms with Crippen molar-refractivity contribution in [3.8, 4) is 0 Å². The van der Waals surface area contributed by atoms with Crippen molar-refractivity contribution in [1.82, 2.24) is 15.1 Å². The molecule has 0 bridgehead atoms. The first-order valence-electron chi connectivity index (χ1n) is 5.42. The molecule has 6 heteroatoms. The molecule has 1 fully saturated rings. The molecule has 16 heavy (non-hydrogen) atoms. The van der Waals surface area contributed by atoms with Crippen LogP contribution in [0, 0.1) is 0 Å². The van der Waals surface area contributed by atoms with Gasteiger partial charge in [0.1, 0.15) is 0 Å². The summed E-state index contributed by atoms with van der Waals surface area (Å²) in [4.78, 5) is 11.8. The van der Waals surface area contributed by atoms with Gasteiger partial charge >= 0.3 is 0 Å². The molecule has 1 aromatic rings. The molecule has 0 unspecified atom stereocenters. The molecule has 88 valence electrons. The van der Waals surface area contributed by atoms with Gasteiger partial charge in [0, 0.05) is 18.8 Å². The molecule has 1 aliphatic carbocycles. The van der Waals surface area contributed by atoms with Crippen molar-refractivity contribution in [2.75, 3.05) is 5.73 Å². The fourth-order valence-electron chi connectivity index (χ4n) is 1.73. The van der Waals surface area contributed by atoms with Gasteiger partial charge in [0.2, 0.25) is 0 Å². The van der Waals surface area contributed by atoms with Crippen LogP contribution in [0.2, 0.25) is 0 Å². The Kier molecular flexibility index (Phi) is 2.82. The molecule has 6 nitrogen and oxygen atoms in total. The number of hydrogen-bond acceptors (Lipinski definition) is 4. The molecular formula is C10H16N4O2. The molecule has 0 spiro atoms. The van der Waals surface area contributed by atoms with Crippen LogP contribution >= 0.6 is 0 Å². The minimum atomic E-state index is -0.282. The monoisotopic (exact) mass is 224 g/mol. The summed E-state index contributed by atoms with van der Waals surface area (Å²) in [6, 6.07) is 0.0497. The molecule has 1 heterocycles. The van der Waals surface area contributed by atoms with E-state index >= 15 is 0 Å². The summed E-state index contributed by atoms with van der Waals surface area (Å²) in [5, 5.41) is 16.0. The molecule has 0 radical (unpaired) electrons. The number of aromatic nitrogens is 2. The van der Waals surface area contributed by atoms with Crippen molar-refractivity contribution in [2.45, 2.75) is 38.5 Å². The third kappa shape index (κ3) is 2.01. The second-order valence-electron chi connectivity index (χ2n) is 4.08. The van der Waals surface area contributed by atoms with Crippen molar-refractivity contribution < 1.29 is 9.90 Å². The lowest BCUT2D eigenvalue weighted by Gasteiger charge is -2.31. The number of nitrogens with two attached hydrogens (primary N) is 1. The number of amides is 1. The Hall–Kier alpha value is -1.56. The van der Waals surface area contributed by atoms with Crippen LogP contribution in [0.5, 0.6) is 0 Å². The van der Waals surface area contributed by atoms with Crippen LogP contribution in [-0.2, 0) is 6.54 Å². The molecule has 0 aliphatic heterocycles. The summed E-state index contributed by atoms with van der Waals surface area (Å²) in [6.07, 6.45) is 2.58. The van der Waals surface area contributed by atoms with E-state index in [2.05, 4.69) is 10.4 Å². The highest BCUT2D eigenvalue weighted by atomic mass is 16.3. The number of carbonyl (C=O) groups excluding carboxylic acids is 1. The van der Waals surface area contributed by atoms with Crippen molar-refractivity contribution in [3.05, 3.63) is 11.9 Å². The van der Waals surface area contributed by atoms with E-state index in [4.69, 9.17) is 10.8 Å². The van der Waals surface area contributed by atoms with E-state index in [0.29, 0.717) is 25.1 Å². The summed E-state index contributed by atoms with van der Waals surface area (Å²) in [6.45, 7) is 2.61. The van der Waals surface area contributed by atoms with E-state index in [1.165, 1.54) is 0 Å². The zero-order chi connectivity index (χ0) is 11.7. The summed E-state index contributed by atoms with van der Waals surface area (Å²) in [5.41, 5.74) is 6.34. The minimum Gasteiger partial charge on any atom is -0.396 e. The third-order valence-corrected chi connectivity index (χ3v) is 2.78. The van der Waals surface area contributed by atoms with Crippen molar-refractivity contribution in [3.63, 3.8) is 0 Å². The highest BCUT2D eigenvalue weighted by molar-refractivity contribution is 5.97. The predicted octanol–water partition coefficient (Wildman–Crippen LogP) is -0.262. The van der Waals surface area contributed by atoms with Crippen LogP contribution in [0.4, 0.5) is 5.69 Å². The number of nitrogens with one attached hydrogen (secondary N) is 1. The first-order chi connectivity index (χ1) is 7.60. The molecule has 0 atom stereocenters. The molecule has 2 rings (SSSR count). The maximum absolute atomic E-state index is 11.8. The van der Waals surface area contributed by atoms with E-state index in [-0.39, 0.29) is 23.7 Å². The maximum Gasteiger partial charge on any atom is 0.274 e. The fraction of sp³-hybridized carbons (Fsp3) is 0.600. The van der Waals surface area contributed by atoms with E-state index in [0.717, 1.165) is 0 Å². The van der Waals surface area contributed by atoms with Crippen LogP contribution in [0.25, 0.3) is 0 Å². The number of rotatable bonds is 3. The fourth-order valence-corrected chi connectivity index (χ4v) is 1.73. The number of hydrogen-bond donors (Lipinski definition) is 3. The standard InChI is InChI=1S/C10H16N4O2/c1-2-14-5-8(11)9(13-14)10(16)12-6-3-7(15)4-6/h5-7,15H,2-4,11H2,1H3,(H,12,16). The molecule has 1 aliphatic rings. The Balaban J connectivity index is 2.00. The highest BCUT2D eigenvalue weighted by Crippen LogP contribution is 2.20. The van der Waals surface area contributed by atoms with E-state index < -0.39 is 0 Å². The second kappa shape index (κ2) is 4.13. The largest absolute Gasteiger partial charge is 0.396 e. The molecule has 0 aromatic carbocycles. The van der Waals surface area contributed by atoms with Crippen LogP contribution in [0.3, 0.4) is 0 Å². The van der Waals surface area contributed by atoms with Crippen LogP contribution in [0.1, 0.15) is 30.3 Å². The van der Waals surface area contributed by atoms with Crippen molar-refractivity contribution in [1.29, 1.82) is 0 Å². The first-order valence-corrected chi connectivity index (χ1v) is 5.42. The average Bonchev–Trinajstić information content (AvgIpc) is 2.57. The number of aryl methyl sites for hydroxylation is 1. The lowest BCUT2D eigenvalue weighted by atomic mass is 9.89. The van der Waals surface area contributed by atoms with E-state index in [1.807, 2.05) is 6.92 Å². The number of carbonyl (C=O) groups is 1. The van der Waals surface area contributed by atoms with Gasteiger partial charge in [-0.2, -0.15) is 5.10 Å². The minimum absolute atomic E-state index is 0.0497. The number of anilines is 1. The molecule has 1 saturated carbocycles. The molecule has 0 saturated heterocycles. The lowest BCUT2D eigenvalue weighted by Crippen LogP contribution is -2.46. The maximum atomic E-state index is 11.8. The lowest BCUT2D eigenvalue weighted by molar-refractivity contribution is 0.0560. The van der Waals surface area contributed by atoms with Gasteiger partial charge in [0.15, 0.2) is 5.69 Å². The van der Waals surface area contributed by atoms with Crippen LogP contribution < -0.4 is 11.1 Å². The van der Waals surface area contributed by atoms with E-state index in [1.54, 1.807) is 10.9 Å². The van der Waals surface area contributed by atoms with Gasteiger partial charge in [0.05, 0.1) is 11.8 Å². The number of aliphatic hydroxyl groups is 1. The molecular weight excluding hydrogens is 208 g/mol. The summed E-state index contributed by atoms with van der Waals surface area (Å²) >= 11 is 0. The molecule has 4 N–H and O–H groups in total. The Bertz CT molecular complexity index is 396. The smallest absolute Gasteiger partial charge is 0.274 e. The molecule has 1 aromatic heterocycles. The third-order valence-electron chi connectivity index (χ3n) is 2.78. The Labute approximate surface area is 93.4 Å². The Morgan fingerprint density at radius 3 is 2.94 bits per heavy atom. The summed E-state index contributed by atoms with van der Waals surface area (Å²) in [5.74, 6) is -0.262. The number of nitrogens with zero attached hydrogens (tertiary/aromatic N) is 2. The van der Waals surface area contributed by atoms with Gasteiger partial charge in [-0.15, -0.1) is 0 Å². The average molecular weight is 224 g/mol. The Morgan fingerprint density at radius 2 is 2.44 bits per heavy atom. The predicted molar refractivity (Wildman–Crippen MR) is 58.8 cm³/mol. The van der Waals surface area contributed by atoms with Crippen LogP contribution in [0.15, 0.2) is 6.20 Å². The summed E-state index contributed by atoms with van der Waals surface area (Å²) in [7, 11) is 0. The van der Waals surface area contributed by atoms with Gasteiger partial charge in [-0.25, -0.2) is 0 Å². The van der Waals surface area contributed by atoms with Gasteiger partial charge < -0.3 is 16.2 Å². The van der Waals surface area contributed by atoms with Crippen LogP contribution in [-0.4, -0.2) is 32.9 Å². The van der Waals surface area contributed by atoms with Gasteiger partial charge in [0.25, 0.3) is 5.91 Å². The topological polar surface area (TPSA) is 93.2 Å². The highest BCUT2D eigenvalue weighted by Gasteiger charge is 2.29. The van der Waals surface area contributed by atoms with E-state index in [9.17, 15) is 4.79 Å². The van der Waals surface area contributed by atoms with Gasteiger partial charge in [-0.05, 0) is 19.8 Å². The SMILES string of the molecule is CCn1cc(N)c(C(=O)NC2CC(O)C2)n1.